The molecule has 9 nitrogen and oxygen atoms in total. The highest BCUT2D eigenvalue weighted by Crippen LogP contribution is 2.36. The molecule has 1 aromatic carbocycles. The summed E-state index contributed by atoms with van der Waals surface area (Å²) in [7, 11) is 0. The largest absolute Gasteiger partial charge is 0.480 e. The molecule has 0 bridgehead atoms. The predicted molar refractivity (Wildman–Crippen MR) is 130 cm³/mol. The molecule has 0 aliphatic rings. The standard InChI is InChI=1S/C26H39NO8/c1-9-26(7,8)25(32)33-13-16(6)20(21(27)22(28)29)17-10-11-18(34-23(30)14(2)3)19(12-17)35-24(31)15(4)5/h10-12,14-16,20-21H,9,13,27H2,1-8H3,(H,28,29)/t16?,20?,21-/m0/s1. The van der Waals surface area contributed by atoms with Gasteiger partial charge in [0.1, 0.15) is 6.04 Å². The number of esters is 3. The van der Waals surface area contributed by atoms with Gasteiger partial charge in [0.05, 0.1) is 23.9 Å². The van der Waals surface area contributed by atoms with Gasteiger partial charge < -0.3 is 25.1 Å². The van der Waals surface area contributed by atoms with Crippen molar-refractivity contribution in [1.29, 1.82) is 0 Å². The lowest BCUT2D eigenvalue weighted by molar-refractivity contribution is -0.155. The second kappa shape index (κ2) is 12.7. The van der Waals surface area contributed by atoms with Gasteiger partial charge in [0.2, 0.25) is 0 Å². The van der Waals surface area contributed by atoms with Crippen LogP contribution in [-0.4, -0.2) is 41.6 Å². The third kappa shape index (κ3) is 8.35. The summed E-state index contributed by atoms with van der Waals surface area (Å²) >= 11 is 0. The lowest BCUT2D eigenvalue weighted by Gasteiger charge is -2.29. The number of hydrogen-bond acceptors (Lipinski definition) is 8. The van der Waals surface area contributed by atoms with E-state index in [1.807, 2.05) is 6.92 Å². The van der Waals surface area contributed by atoms with Crippen LogP contribution in [0.25, 0.3) is 0 Å². The average molecular weight is 494 g/mol. The molecule has 0 aromatic heterocycles. The lowest BCUT2D eigenvalue weighted by Crippen LogP contribution is -2.41. The number of carboxylic acid groups (broad SMARTS) is 1. The number of carbonyl (C=O) groups is 4. The van der Waals surface area contributed by atoms with Gasteiger partial charge >= 0.3 is 23.9 Å². The minimum Gasteiger partial charge on any atom is -0.480 e. The van der Waals surface area contributed by atoms with Crippen LogP contribution in [0.5, 0.6) is 11.5 Å². The molecule has 3 atom stereocenters. The van der Waals surface area contributed by atoms with Crippen molar-refractivity contribution in [2.75, 3.05) is 6.61 Å². The van der Waals surface area contributed by atoms with E-state index in [1.165, 1.54) is 12.1 Å². The Kier molecular flexibility index (Phi) is 10.9. The van der Waals surface area contributed by atoms with Gasteiger partial charge in [0.25, 0.3) is 0 Å². The number of ether oxygens (including phenoxy) is 3. The van der Waals surface area contributed by atoms with Crippen molar-refractivity contribution in [3.8, 4) is 11.5 Å². The van der Waals surface area contributed by atoms with Crippen molar-refractivity contribution in [3.05, 3.63) is 23.8 Å². The number of rotatable bonds is 12. The molecule has 0 fully saturated rings. The minimum atomic E-state index is -1.33. The van der Waals surface area contributed by atoms with Crippen molar-refractivity contribution in [2.45, 2.75) is 73.8 Å². The zero-order valence-corrected chi connectivity index (χ0v) is 21.9. The maximum atomic E-state index is 12.4. The van der Waals surface area contributed by atoms with Gasteiger partial charge in [-0.1, -0.05) is 47.6 Å². The van der Waals surface area contributed by atoms with E-state index >= 15 is 0 Å². The predicted octanol–water partition coefficient (Wildman–Crippen LogP) is 3.92. The van der Waals surface area contributed by atoms with Crippen LogP contribution < -0.4 is 15.2 Å². The second-order valence-electron chi connectivity index (χ2n) is 10.1. The maximum Gasteiger partial charge on any atom is 0.321 e. The van der Waals surface area contributed by atoms with Crippen LogP contribution in [0.4, 0.5) is 0 Å². The van der Waals surface area contributed by atoms with Crippen LogP contribution in [0, 0.1) is 23.2 Å². The summed E-state index contributed by atoms with van der Waals surface area (Å²) < 4.78 is 16.3. The highest BCUT2D eigenvalue weighted by Gasteiger charge is 2.34. The van der Waals surface area contributed by atoms with E-state index in [0.717, 1.165) is 0 Å². The second-order valence-corrected chi connectivity index (χ2v) is 10.1. The van der Waals surface area contributed by atoms with E-state index in [-0.39, 0.29) is 18.1 Å². The SMILES string of the molecule is CCC(C)(C)C(=O)OCC(C)C(c1ccc(OC(=O)C(C)C)c(OC(=O)C(C)C)c1)[C@H](N)C(=O)O. The van der Waals surface area contributed by atoms with Crippen molar-refractivity contribution in [3.63, 3.8) is 0 Å². The monoisotopic (exact) mass is 493 g/mol. The van der Waals surface area contributed by atoms with Crippen LogP contribution in [0.2, 0.25) is 0 Å². The van der Waals surface area contributed by atoms with Gasteiger partial charge in [0, 0.05) is 5.92 Å². The van der Waals surface area contributed by atoms with E-state index in [2.05, 4.69) is 0 Å². The molecule has 0 aliphatic carbocycles. The van der Waals surface area contributed by atoms with E-state index in [9.17, 15) is 24.3 Å². The van der Waals surface area contributed by atoms with Crippen molar-refractivity contribution < 1.29 is 38.5 Å². The molecule has 0 saturated heterocycles. The Morgan fingerprint density at radius 2 is 1.46 bits per heavy atom. The number of aliphatic carboxylic acids is 1. The number of hydrogen-bond donors (Lipinski definition) is 2. The molecular weight excluding hydrogens is 454 g/mol. The Balaban J connectivity index is 3.40. The molecule has 0 saturated carbocycles. The van der Waals surface area contributed by atoms with E-state index in [1.54, 1.807) is 54.5 Å². The smallest absolute Gasteiger partial charge is 0.321 e. The Morgan fingerprint density at radius 1 is 0.943 bits per heavy atom. The zero-order chi connectivity index (χ0) is 27.1. The molecule has 1 rings (SSSR count). The third-order valence-corrected chi connectivity index (χ3v) is 5.92. The number of carbonyl (C=O) groups excluding carboxylic acids is 3. The van der Waals surface area contributed by atoms with Crippen LogP contribution in [0.1, 0.15) is 73.3 Å². The minimum absolute atomic E-state index is 0.0194. The summed E-state index contributed by atoms with van der Waals surface area (Å²) in [6.07, 6.45) is 0.583. The Labute approximate surface area is 207 Å². The Hall–Kier alpha value is -2.94. The molecule has 2 unspecified atom stereocenters. The number of benzene rings is 1. The summed E-state index contributed by atoms with van der Waals surface area (Å²) in [6, 6.07) is 3.13. The van der Waals surface area contributed by atoms with Crippen molar-refractivity contribution in [2.24, 2.45) is 28.9 Å². The maximum absolute atomic E-state index is 12.4. The van der Waals surface area contributed by atoms with Crippen LogP contribution in [0.3, 0.4) is 0 Å². The molecule has 0 radical (unpaired) electrons. The van der Waals surface area contributed by atoms with Crippen molar-refractivity contribution in [1.82, 2.24) is 0 Å². The van der Waals surface area contributed by atoms with E-state index < -0.39 is 59.0 Å². The summed E-state index contributed by atoms with van der Waals surface area (Å²) in [5, 5.41) is 9.64. The van der Waals surface area contributed by atoms with Gasteiger partial charge in [0.15, 0.2) is 11.5 Å². The zero-order valence-electron chi connectivity index (χ0n) is 21.9. The fourth-order valence-corrected chi connectivity index (χ4v) is 3.04. The first-order valence-electron chi connectivity index (χ1n) is 11.8. The van der Waals surface area contributed by atoms with Crippen LogP contribution in [0.15, 0.2) is 18.2 Å². The molecule has 9 heteroatoms. The fourth-order valence-electron chi connectivity index (χ4n) is 3.04. The molecular formula is C26H39NO8. The summed E-state index contributed by atoms with van der Waals surface area (Å²) in [6.45, 7) is 13.7. The highest BCUT2D eigenvalue weighted by atomic mass is 16.6. The average Bonchev–Trinajstić information content (AvgIpc) is 2.78. The third-order valence-electron chi connectivity index (χ3n) is 5.92. The Morgan fingerprint density at radius 3 is 1.91 bits per heavy atom. The van der Waals surface area contributed by atoms with Gasteiger partial charge in [-0.05, 0) is 43.9 Å². The molecule has 196 valence electrons. The molecule has 0 amide bonds. The molecule has 0 aliphatic heterocycles. The van der Waals surface area contributed by atoms with Crippen molar-refractivity contribution >= 4 is 23.9 Å². The van der Waals surface area contributed by atoms with Gasteiger partial charge in [-0.3, -0.25) is 19.2 Å². The molecule has 35 heavy (non-hydrogen) atoms. The summed E-state index contributed by atoms with van der Waals surface area (Å²) in [4.78, 5) is 48.7. The van der Waals surface area contributed by atoms with E-state index in [0.29, 0.717) is 12.0 Å². The molecule has 0 heterocycles. The lowest BCUT2D eigenvalue weighted by atomic mass is 9.81. The molecule has 0 spiro atoms. The number of carboxylic acids is 1. The molecule has 3 N–H and O–H groups in total. The highest BCUT2D eigenvalue weighted by molar-refractivity contribution is 5.79. The van der Waals surface area contributed by atoms with Crippen LogP contribution in [-0.2, 0) is 23.9 Å². The van der Waals surface area contributed by atoms with Gasteiger partial charge in [-0.2, -0.15) is 0 Å². The first kappa shape index (κ1) is 30.1. The summed E-state index contributed by atoms with van der Waals surface area (Å²) in [5.41, 5.74) is 5.80. The fraction of sp³-hybridized carbons (Fsp3) is 0.615. The van der Waals surface area contributed by atoms with Gasteiger partial charge in [-0.25, -0.2) is 0 Å². The first-order chi connectivity index (χ1) is 16.1. The summed E-state index contributed by atoms with van der Waals surface area (Å²) in [5.74, 6) is -4.84. The van der Waals surface area contributed by atoms with Gasteiger partial charge in [-0.15, -0.1) is 0 Å². The first-order valence-corrected chi connectivity index (χ1v) is 11.8. The number of nitrogens with two attached hydrogens (primary N) is 1. The Bertz CT molecular complexity index is 922. The topological polar surface area (TPSA) is 142 Å². The quantitative estimate of drug-likeness (QED) is 0.327. The van der Waals surface area contributed by atoms with E-state index in [4.69, 9.17) is 19.9 Å². The van der Waals surface area contributed by atoms with Crippen LogP contribution >= 0.6 is 0 Å². The normalized spacial score (nSPS) is 14.3. The molecule has 1 aromatic rings.